The fourth-order valence-corrected chi connectivity index (χ4v) is 1.35. The number of hydrogen-bond acceptors (Lipinski definition) is 2. The van der Waals surface area contributed by atoms with Gasteiger partial charge in [0.15, 0.2) is 0 Å². The smallest absolute Gasteiger partial charge is 0.0217 e. The minimum atomic E-state index is 0.212. The van der Waals surface area contributed by atoms with E-state index in [0.29, 0.717) is 0 Å². The molecule has 2 atom stereocenters. The number of rotatable bonds is 5. The van der Waals surface area contributed by atoms with Crippen LogP contribution >= 0.6 is 0 Å². The average molecular weight is 200 g/mol. The highest BCUT2D eigenvalue weighted by atomic mass is 15.1. The summed E-state index contributed by atoms with van der Waals surface area (Å²) in [7, 11) is 2.16. The Morgan fingerprint density at radius 1 is 1.21 bits per heavy atom. The van der Waals surface area contributed by atoms with Crippen LogP contribution in [0.1, 0.15) is 41.0 Å². The van der Waals surface area contributed by atoms with Gasteiger partial charge in [-0.2, -0.15) is 0 Å². The molecule has 0 saturated carbocycles. The molecule has 0 heterocycles. The highest BCUT2D eigenvalue weighted by Crippen LogP contribution is 2.18. The Labute approximate surface area is 89.9 Å². The van der Waals surface area contributed by atoms with Gasteiger partial charge in [0.1, 0.15) is 0 Å². The van der Waals surface area contributed by atoms with Crippen LogP contribution in [0.2, 0.25) is 0 Å². The largest absolute Gasteiger partial charge is 0.326 e. The summed E-state index contributed by atoms with van der Waals surface area (Å²) in [5.74, 6) is 0.771. The average Bonchev–Trinajstić information content (AvgIpc) is 2.02. The molecule has 0 bridgehead atoms. The molecule has 0 rings (SSSR count). The van der Waals surface area contributed by atoms with Gasteiger partial charge < -0.3 is 10.6 Å². The first-order valence-corrected chi connectivity index (χ1v) is 5.71. The lowest BCUT2D eigenvalue weighted by molar-refractivity contribution is 0.207. The van der Waals surface area contributed by atoms with Gasteiger partial charge in [0.05, 0.1) is 0 Å². The first kappa shape index (κ1) is 13.9. The minimum absolute atomic E-state index is 0.212. The molecule has 86 valence electrons. The van der Waals surface area contributed by atoms with E-state index in [1.165, 1.54) is 6.42 Å². The van der Waals surface area contributed by atoms with Crippen molar-refractivity contribution in [3.8, 4) is 0 Å². The van der Waals surface area contributed by atoms with E-state index in [0.717, 1.165) is 19.0 Å². The van der Waals surface area contributed by atoms with Gasteiger partial charge in [0, 0.05) is 19.1 Å². The topological polar surface area (TPSA) is 29.3 Å². The van der Waals surface area contributed by atoms with Crippen molar-refractivity contribution in [2.75, 3.05) is 20.1 Å². The van der Waals surface area contributed by atoms with E-state index in [9.17, 15) is 0 Å². The highest BCUT2D eigenvalue weighted by molar-refractivity contribution is 4.79. The highest BCUT2D eigenvalue weighted by Gasteiger charge is 2.21. The molecule has 0 aliphatic carbocycles. The van der Waals surface area contributed by atoms with Crippen LogP contribution in [0, 0.1) is 11.3 Å². The molecule has 0 radical (unpaired) electrons. The standard InChI is InChI=1S/C12H28N2/c1-7-10(2)8-14(6)9-11(13)12(3,4)5/h10-11H,7-9,13H2,1-6H3. The van der Waals surface area contributed by atoms with Gasteiger partial charge >= 0.3 is 0 Å². The van der Waals surface area contributed by atoms with Crippen LogP contribution < -0.4 is 5.73 Å². The normalized spacial score (nSPS) is 17.1. The van der Waals surface area contributed by atoms with Crippen LogP contribution in [-0.2, 0) is 0 Å². The number of likely N-dealkylation sites (N-methyl/N-ethyl adjacent to an activating group) is 1. The van der Waals surface area contributed by atoms with Crippen molar-refractivity contribution in [2.24, 2.45) is 17.1 Å². The lowest BCUT2D eigenvalue weighted by atomic mass is 9.87. The Hall–Kier alpha value is -0.0800. The summed E-state index contributed by atoms with van der Waals surface area (Å²) in [5.41, 5.74) is 6.34. The predicted molar refractivity (Wildman–Crippen MR) is 64.4 cm³/mol. The molecule has 0 aromatic rings. The molecule has 0 aliphatic rings. The molecule has 2 heteroatoms. The third kappa shape index (κ3) is 5.61. The Morgan fingerprint density at radius 3 is 2.07 bits per heavy atom. The molecule has 0 fully saturated rings. The molecule has 14 heavy (non-hydrogen) atoms. The van der Waals surface area contributed by atoms with Crippen LogP contribution in [0.15, 0.2) is 0 Å². The molecular weight excluding hydrogens is 172 g/mol. The summed E-state index contributed by atoms with van der Waals surface area (Å²) in [6.07, 6.45) is 1.25. The zero-order chi connectivity index (χ0) is 11.4. The van der Waals surface area contributed by atoms with Crippen molar-refractivity contribution in [3.63, 3.8) is 0 Å². The van der Waals surface area contributed by atoms with Gasteiger partial charge in [-0.15, -0.1) is 0 Å². The third-order valence-corrected chi connectivity index (χ3v) is 2.94. The van der Waals surface area contributed by atoms with E-state index in [1.54, 1.807) is 0 Å². The van der Waals surface area contributed by atoms with Gasteiger partial charge in [-0.05, 0) is 18.4 Å². The van der Waals surface area contributed by atoms with Gasteiger partial charge in [0.2, 0.25) is 0 Å². The maximum absolute atomic E-state index is 6.13. The predicted octanol–water partition coefficient (Wildman–Crippen LogP) is 2.34. The van der Waals surface area contributed by atoms with Gasteiger partial charge in [-0.25, -0.2) is 0 Å². The Bertz CT molecular complexity index is 149. The summed E-state index contributed by atoms with van der Waals surface area (Å²) in [6, 6.07) is 0.261. The van der Waals surface area contributed by atoms with Crippen molar-refractivity contribution in [1.82, 2.24) is 4.90 Å². The lowest BCUT2D eigenvalue weighted by Crippen LogP contribution is -2.45. The maximum atomic E-state index is 6.13. The van der Waals surface area contributed by atoms with Crippen molar-refractivity contribution >= 4 is 0 Å². The summed E-state index contributed by atoms with van der Waals surface area (Å²) >= 11 is 0. The van der Waals surface area contributed by atoms with Gasteiger partial charge in [-0.1, -0.05) is 41.0 Å². The molecule has 0 aromatic heterocycles. The molecule has 0 amide bonds. The first-order valence-electron chi connectivity index (χ1n) is 5.71. The van der Waals surface area contributed by atoms with Crippen molar-refractivity contribution < 1.29 is 0 Å². The van der Waals surface area contributed by atoms with Crippen LogP contribution in [0.3, 0.4) is 0 Å². The van der Waals surface area contributed by atoms with E-state index in [4.69, 9.17) is 5.73 Å². The zero-order valence-electron chi connectivity index (χ0n) is 10.8. The van der Waals surface area contributed by atoms with E-state index < -0.39 is 0 Å². The van der Waals surface area contributed by atoms with Gasteiger partial charge in [0.25, 0.3) is 0 Å². The van der Waals surface area contributed by atoms with Crippen molar-refractivity contribution in [2.45, 2.75) is 47.1 Å². The van der Waals surface area contributed by atoms with Crippen molar-refractivity contribution in [3.05, 3.63) is 0 Å². The molecule has 0 saturated heterocycles. The second kappa shape index (κ2) is 5.72. The summed E-state index contributed by atoms with van der Waals surface area (Å²) in [4.78, 5) is 2.35. The maximum Gasteiger partial charge on any atom is 0.0217 e. The molecule has 2 N–H and O–H groups in total. The number of nitrogens with zero attached hydrogens (tertiary/aromatic N) is 1. The summed E-state index contributed by atoms with van der Waals surface area (Å²) in [5, 5.41) is 0. The van der Waals surface area contributed by atoms with E-state index >= 15 is 0 Å². The van der Waals surface area contributed by atoms with Crippen LogP contribution in [0.5, 0.6) is 0 Å². The quantitative estimate of drug-likeness (QED) is 0.738. The van der Waals surface area contributed by atoms with Crippen LogP contribution in [-0.4, -0.2) is 31.1 Å². The third-order valence-electron chi connectivity index (χ3n) is 2.94. The number of nitrogens with two attached hydrogens (primary N) is 1. The summed E-state index contributed by atoms with van der Waals surface area (Å²) < 4.78 is 0. The SMILES string of the molecule is CCC(C)CN(C)CC(N)C(C)(C)C. The van der Waals surface area contributed by atoms with E-state index in [1.807, 2.05) is 0 Å². The van der Waals surface area contributed by atoms with Gasteiger partial charge in [-0.3, -0.25) is 0 Å². The molecular formula is C12H28N2. The van der Waals surface area contributed by atoms with Crippen LogP contribution in [0.25, 0.3) is 0 Å². The fourth-order valence-electron chi connectivity index (χ4n) is 1.35. The fraction of sp³-hybridized carbons (Fsp3) is 1.00. The monoisotopic (exact) mass is 200 g/mol. The Kier molecular flexibility index (Phi) is 5.68. The Balaban J connectivity index is 3.88. The van der Waals surface area contributed by atoms with E-state index in [2.05, 4.69) is 46.6 Å². The zero-order valence-corrected chi connectivity index (χ0v) is 10.8. The number of hydrogen-bond donors (Lipinski definition) is 1. The Morgan fingerprint density at radius 2 is 1.71 bits per heavy atom. The molecule has 0 aromatic carbocycles. The summed E-state index contributed by atoms with van der Waals surface area (Å²) in [6.45, 7) is 13.3. The molecule has 0 spiro atoms. The second-order valence-corrected chi connectivity index (χ2v) is 5.71. The minimum Gasteiger partial charge on any atom is -0.326 e. The first-order chi connectivity index (χ1) is 6.27. The molecule has 2 unspecified atom stereocenters. The second-order valence-electron chi connectivity index (χ2n) is 5.71. The molecule has 2 nitrogen and oxygen atoms in total. The van der Waals surface area contributed by atoms with E-state index in [-0.39, 0.29) is 11.5 Å². The van der Waals surface area contributed by atoms with Crippen LogP contribution in [0.4, 0.5) is 0 Å². The lowest BCUT2D eigenvalue weighted by Gasteiger charge is -2.31. The molecule has 0 aliphatic heterocycles. The van der Waals surface area contributed by atoms with Crippen molar-refractivity contribution in [1.29, 1.82) is 0 Å².